The normalized spacial score (nSPS) is 13.3. The number of nitrogens with one attached hydrogen (secondary N) is 2. The van der Waals surface area contributed by atoms with Crippen LogP contribution >= 0.6 is 22.9 Å². The fourth-order valence-corrected chi connectivity index (χ4v) is 3.87. The van der Waals surface area contributed by atoms with Crippen LogP contribution in [0, 0.1) is 0 Å². The summed E-state index contributed by atoms with van der Waals surface area (Å²) in [6.07, 6.45) is -0.0922. The van der Waals surface area contributed by atoms with E-state index >= 15 is 0 Å². The second kappa shape index (κ2) is 9.22. The van der Waals surface area contributed by atoms with Crippen molar-refractivity contribution in [3.8, 4) is 5.75 Å². The summed E-state index contributed by atoms with van der Waals surface area (Å²) in [7, 11) is -2.00. The first-order chi connectivity index (χ1) is 12.3. The third-order valence-corrected chi connectivity index (χ3v) is 6.05. The van der Waals surface area contributed by atoms with E-state index in [2.05, 4.69) is 15.6 Å². The van der Waals surface area contributed by atoms with Crippen LogP contribution in [0.2, 0.25) is 5.02 Å². The van der Waals surface area contributed by atoms with Crippen molar-refractivity contribution in [3.05, 3.63) is 46.3 Å². The van der Waals surface area contributed by atoms with E-state index in [1.165, 1.54) is 6.07 Å². The summed E-state index contributed by atoms with van der Waals surface area (Å²) in [6.45, 7) is 2.91. The van der Waals surface area contributed by atoms with Crippen LogP contribution in [-0.4, -0.2) is 34.1 Å². The van der Waals surface area contributed by atoms with E-state index in [1.54, 1.807) is 25.2 Å². The maximum Gasteiger partial charge on any atom is 0.247 e. The van der Waals surface area contributed by atoms with Gasteiger partial charge in [0.25, 0.3) is 0 Å². The number of halogens is 1. The quantitative estimate of drug-likeness (QED) is 0.473. The molecule has 1 aromatic carbocycles. The number of guanidine groups is 1. The van der Waals surface area contributed by atoms with E-state index in [9.17, 15) is 8.42 Å². The third kappa shape index (κ3) is 6.49. The smallest absolute Gasteiger partial charge is 0.247 e. The topological polar surface area (TPSA) is 106 Å². The van der Waals surface area contributed by atoms with Crippen molar-refractivity contribution in [2.24, 2.45) is 10.1 Å². The SMILES string of the molecule is CN=C(NCc1ccc(S(N)(=O)=O)s1)NCC(C)Oc1ccc(Cl)cc1. The molecule has 0 radical (unpaired) electrons. The highest BCUT2D eigenvalue weighted by atomic mass is 35.5. The highest BCUT2D eigenvalue weighted by Gasteiger charge is 2.11. The fraction of sp³-hybridized carbons (Fsp3) is 0.312. The second-order valence-corrected chi connectivity index (χ2v) is 8.85. The molecule has 2 rings (SSSR count). The number of sulfonamides is 1. The molecule has 2 aromatic rings. The van der Waals surface area contributed by atoms with Gasteiger partial charge in [0.2, 0.25) is 10.0 Å². The number of ether oxygens (including phenoxy) is 1. The summed E-state index contributed by atoms with van der Waals surface area (Å²) in [4.78, 5) is 4.97. The van der Waals surface area contributed by atoms with Gasteiger partial charge in [-0.15, -0.1) is 11.3 Å². The molecule has 26 heavy (non-hydrogen) atoms. The van der Waals surface area contributed by atoms with Gasteiger partial charge < -0.3 is 15.4 Å². The Morgan fingerprint density at radius 3 is 2.54 bits per heavy atom. The monoisotopic (exact) mass is 416 g/mol. The first kappa shape index (κ1) is 20.5. The van der Waals surface area contributed by atoms with Crippen molar-refractivity contribution in [2.75, 3.05) is 13.6 Å². The molecule has 0 fully saturated rings. The molecular weight excluding hydrogens is 396 g/mol. The van der Waals surface area contributed by atoms with Gasteiger partial charge in [-0.25, -0.2) is 13.6 Å². The van der Waals surface area contributed by atoms with Crippen molar-refractivity contribution < 1.29 is 13.2 Å². The van der Waals surface area contributed by atoms with Gasteiger partial charge in [0.15, 0.2) is 5.96 Å². The first-order valence-corrected chi connectivity index (χ1v) is 10.5. The molecule has 0 spiro atoms. The zero-order chi connectivity index (χ0) is 19.2. The summed E-state index contributed by atoms with van der Waals surface area (Å²) in [5.41, 5.74) is 0. The number of nitrogens with zero attached hydrogens (tertiary/aromatic N) is 1. The number of benzene rings is 1. The number of rotatable bonds is 7. The summed E-state index contributed by atoms with van der Waals surface area (Å²) >= 11 is 6.98. The predicted octanol–water partition coefficient (Wildman–Crippen LogP) is 2.18. The molecule has 0 amide bonds. The van der Waals surface area contributed by atoms with Crippen LogP contribution in [0.3, 0.4) is 0 Å². The minimum atomic E-state index is -3.66. The van der Waals surface area contributed by atoms with Gasteiger partial charge in [0.1, 0.15) is 16.1 Å². The third-order valence-electron chi connectivity index (χ3n) is 3.28. The largest absolute Gasteiger partial charge is 0.489 e. The Balaban J connectivity index is 1.80. The average Bonchev–Trinajstić information content (AvgIpc) is 3.06. The minimum absolute atomic E-state index is 0.0922. The highest BCUT2D eigenvalue weighted by Crippen LogP contribution is 2.20. The molecule has 0 bridgehead atoms. The van der Waals surface area contributed by atoms with Crippen molar-refractivity contribution in [3.63, 3.8) is 0 Å². The summed E-state index contributed by atoms with van der Waals surface area (Å²) in [6, 6.07) is 10.4. The molecule has 10 heteroatoms. The van der Waals surface area contributed by atoms with Crippen molar-refractivity contribution in [1.82, 2.24) is 10.6 Å². The van der Waals surface area contributed by atoms with E-state index in [-0.39, 0.29) is 10.3 Å². The Morgan fingerprint density at radius 2 is 1.96 bits per heavy atom. The Kier molecular flexibility index (Phi) is 7.27. The van der Waals surface area contributed by atoms with E-state index in [4.69, 9.17) is 21.5 Å². The van der Waals surface area contributed by atoms with Crippen LogP contribution in [0.25, 0.3) is 0 Å². The average molecular weight is 417 g/mol. The second-order valence-electron chi connectivity index (χ2n) is 5.45. The van der Waals surface area contributed by atoms with Gasteiger partial charge in [-0.1, -0.05) is 11.6 Å². The van der Waals surface area contributed by atoms with Gasteiger partial charge in [-0.3, -0.25) is 4.99 Å². The number of thiophene rings is 1. The molecule has 1 atom stereocenters. The Morgan fingerprint density at radius 1 is 1.27 bits per heavy atom. The molecule has 0 aliphatic carbocycles. The van der Waals surface area contributed by atoms with Gasteiger partial charge in [-0.05, 0) is 43.3 Å². The Bertz CT molecular complexity index is 851. The number of nitrogens with two attached hydrogens (primary N) is 1. The lowest BCUT2D eigenvalue weighted by Gasteiger charge is -2.17. The number of hydrogen-bond acceptors (Lipinski definition) is 5. The molecule has 1 unspecified atom stereocenters. The van der Waals surface area contributed by atoms with Gasteiger partial charge in [0.05, 0.1) is 13.1 Å². The highest BCUT2D eigenvalue weighted by molar-refractivity contribution is 7.91. The Labute approximate surface area is 162 Å². The molecule has 0 saturated heterocycles. The molecule has 1 heterocycles. The zero-order valence-corrected chi connectivity index (χ0v) is 16.8. The van der Waals surface area contributed by atoms with Crippen molar-refractivity contribution >= 4 is 38.9 Å². The maximum atomic E-state index is 11.3. The summed E-state index contributed by atoms with van der Waals surface area (Å²) in [5.74, 6) is 1.32. The molecule has 142 valence electrons. The molecule has 1 aromatic heterocycles. The van der Waals surface area contributed by atoms with Crippen molar-refractivity contribution in [2.45, 2.75) is 23.8 Å². The van der Waals surface area contributed by atoms with Gasteiger partial charge >= 0.3 is 0 Å². The maximum absolute atomic E-state index is 11.3. The van der Waals surface area contributed by atoms with E-state index in [1.807, 2.05) is 19.1 Å². The van der Waals surface area contributed by atoms with Crippen LogP contribution in [0.1, 0.15) is 11.8 Å². The first-order valence-electron chi connectivity index (χ1n) is 7.76. The van der Waals surface area contributed by atoms with Crippen LogP contribution in [-0.2, 0) is 16.6 Å². The van der Waals surface area contributed by atoms with E-state index in [0.29, 0.717) is 24.1 Å². The fourth-order valence-electron chi connectivity index (χ4n) is 2.03. The van der Waals surface area contributed by atoms with Crippen LogP contribution < -0.4 is 20.5 Å². The minimum Gasteiger partial charge on any atom is -0.489 e. The number of aliphatic imine (C=N–C) groups is 1. The molecule has 4 N–H and O–H groups in total. The lowest BCUT2D eigenvalue weighted by Crippen LogP contribution is -2.41. The summed E-state index contributed by atoms with van der Waals surface area (Å²) in [5, 5.41) is 12.0. The molecule has 0 saturated carbocycles. The van der Waals surface area contributed by atoms with Crippen molar-refractivity contribution in [1.29, 1.82) is 0 Å². The lowest BCUT2D eigenvalue weighted by atomic mass is 10.3. The van der Waals surface area contributed by atoms with Gasteiger partial charge in [0, 0.05) is 16.9 Å². The standard InChI is InChI=1S/C16H21ClN4O3S2/c1-11(24-13-5-3-12(17)4-6-13)9-20-16(19-2)21-10-14-7-8-15(25-14)26(18,22)23/h3-8,11H,9-10H2,1-2H3,(H2,18,22,23)(H2,19,20,21). The zero-order valence-electron chi connectivity index (χ0n) is 14.4. The van der Waals surface area contributed by atoms with E-state index in [0.717, 1.165) is 22.0 Å². The molecule has 7 nitrogen and oxygen atoms in total. The number of primary sulfonamides is 1. The van der Waals surface area contributed by atoms with Gasteiger partial charge in [-0.2, -0.15) is 0 Å². The molecule has 0 aliphatic heterocycles. The molecular formula is C16H21ClN4O3S2. The summed E-state index contributed by atoms with van der Waals surface area (Å²) < 4.78 is 28.5. The van der Waals surface area contributed by atoms with Crippen LogP contribution in [0.5, 0.6) is 5.75 Å². The lowest BCUT2D eigenvalue weighted by molar-refractivity contribution is 0.224. The van der Waals surface area contributed by atoms with Crippen LogP contribution in [0.4, 0.5) is 0 Å². The van der Waals surface area contributed by atoms with Crippen LogP contribution in [0.15, 0.2) is 45.6 Å². The number of hydrogen-bond donors (Lipinski definition) is 3. The molecule has 0 aliphatic rings. The predicted molar refractivity (Wildman–Crippen MR) is 105 cm³/mol. The Hall–Kier alpha value is -1.81. The van der Waals surface area contributed by atoms with E-state index < -0.39 is 10.0 Å².